The van der Waals surface area contributed by atoms with Crippen LogP contribution in [0.15, 0.2) is 65.1 Å². The predicted molar refractivity (Wildman–Crippen MR) is 124 cm³/mol. The number of nitrogen functional groups attached to an aromatic ring is 1. The first-order chi connectivity index (χ1) is 14.9. The number of carbonyl (C=O) groups excluding carboxylic acids is 2. The second-order valence-electron chi connectivity index (χ2n) is 6.95. The van der Waals surface area contributed by atoms with Crippen LogP contribution in [0.5, 0.6) is 0 Å². The summed E-state index contributed by atoms with van der Waals surface area (Å²) >= 11 is 12.1. The van der Waals surface area contributed by atoms with E-state index >= 15 is 0 Å². The zero-order valence-electron chi connectivity index (χ0n) is 16.5. The van der Waals surface area contributed by atoms with E-state index in [1.807, 2.05) is 25.1 Å². The normalized spacial score (nSPS) is 10.9. The summed E-state index contributed by atoms with van der Waals surface area (Å²) in [5.74, 6) is -0.539. The maximum absolute atomic E-state index is 13.0. The van der Waals surface area contributed by atoms with Gasteiger partial charge in [0.25, 0.3) is 5.91 Å². The average molecular weight is 453 g/mol. The zero-order chi connectivity index (χ0) is 22.1. The van der Waals surface area contributed by atoms with Gasteiger partial charge in [-0.25, -0.2) is 0 Å². The minimum atomic E-state index is -0.421. The summed E-state index contributed by atoms with van der Waals surface area (Å²) in [6.45, 7) is 2.42. The number of carbonyl (C=O) groups is 2. The van der Waals surface area contributed by atoms with Gasteiger partial charge in [-0.1, -0.05) is 41.4 Å². The van der Waals surface area contributed by atoms with Crippen LogP contribution in [0.3, 0.4) is 0 Å². The summed E-state index contributed by atoms with van der Waals surface area (Å²) in [6.07, 6.45) is 0. The van der Waals surface area contributed by atoms with Crippen LogP contribution in [-0.2, 0) is 0 Å². The average Bonchev–Trinajstić information content (AvgIpc) is 3.09. The van der Waals surface area contributed by atoms with Gasteiger partial charge in [-0.2, -0.15) is 0 Å². The van der Waals surface area contributed by atoms with Crippen molar-refractivity contribution >= 4 is 51.5 Å². The molecule has 0 atom stereocenters. The standard InChI is InChI=1S/C24H18Cl2N2O3/c1-2-28-24(30)15-5-3-4-13(10-15)14-6-8-18-20(11-14)31-23(21(18)27)22(29)17-9-7-16(25)12-19(17)26/h3-12H,2,27H2,1H3,(H,28,30). The first kappa shape index (κ1) is 21.0. The lowest BCUT2D eigenvalue weighted by atomic mass is 10.0. The molecular formula is C24H18Cl2N2O3. The van der Waals surface area contributed by atoms with Crippen LogP contribution in [-0.4, -0.2) is 18.2 Å². The van der Waals surface area contributed by atoms with E-state index in [1.165, 1.54) is 12.1 Å². The molecule has 1 heterocycles. The molecule has 5 nitrogen and oxygen atoms in total. The number of nitrogens with two attached hydrogens (primary N) is 1. The molecule has 0 saturated carbocycles. The van der Waals surface area contributed by atoms with E-state index in [4.69, 9.17) is 33.4 Å². The lowest BCUT2D eigenvalue weighted by Crippen LogP contribution is -2.22. The van der Waals surface area contributed by atoms with E-state index in [0.29, 0.717) is 28.1 Å². The number of benzene rings is 3. The first-order valence-electron chi connectivity index (χ1n) is 9.59. The van der Waals surface area contributed by atoms with Gasteiger partial charge < -0.3 is 15.5 Å². The third-order valence-electron chi connectivity index (χ3n) is 4.91. The van der Waals surface area contributed by atoms with Gasteiger partial charge in [0.05, 0.1) is 10.7 Å². The number of ketones is 1. The summed E-state index contributed by atoms with van der Waals surface area (Å²) in [7, 11) is 0. The molecule has 156 valence electrons. The van der Waals surface area contributed by atoms with E-state index in [2.05, 4.69) is 5.32 Å². The van der Waals surface area contributed by atoms with Crippen LogP contribution in [0.1, 0.15) is 33.4 Å². The highest BCUT2D eigenvalue weighted by Crippen LogP contribution is 2.34. The molecule has 0 radical (unpaired) electrons. The number of anilines is 1. The van der Waals surface area contributed by atoms with Crippen LogP contribution in [0.2, 0.25) is 10.0 Å². The lowest BCUT2D eigenvalue weighted by Gasteiger charge is -2.06. The van der Waals surface area contributed by atoms with Crippen molar-refractivity contribution in [3.05, 3.63) is 87.6 Å². The Kier molecular flexibility index (Phi) is 5.72. The van der Waals surface area contributed by atoms with Gasteiger partial charge in [0.15, 0.2) is 5.76 Å². The molecule has 0 aliphatic carbocycles. The summed E-state index contributed by atoms with van der Waals surface area (Å²) in [5.41, 5.74) is 9.40. The predicted octanol–water partition coefficient (Wildman–Crippen LogP) is 5.97. The minimum Gasteiger partial charge on any atom is -0.450 e. The third kappa shape index (κ3) is 4.02. The molecule has 0 fully saturated rings. The van der Waals surface area contributed by atoms with Crippen molar-refractivity contribution in [3.8, 4) is 11.1 Å². The van der Waals surface area contributed by atoms with Gasteiger partial charge in [-0.15, -0.1) is 0 Å². The fourth-order valence-corrected chi connectivity index (χ4v) is 3.86. The van der Waals surface area contributed by atoms with Gasteiger partial charge in [0.1, 0.15) is 5.58 Å². The summed E-state index contributed by atoms with van der Waals surface area (Å²) in [5, 5.41) is 4.06. The number of hydrogen-bond donors (Lipinski definition) is 2. The van der Waals surface area contributed by atoms with Crippen molar-refractivity contribution in [1.29, 1.82) is 0 Å². The monoisotopic (exact) mass is 452 g/mol. The Balaban J connectivity index is 1.74. The van der Waals surface area contributed by atoms with Crippen molar-refractivity contribution in [2.24, 2.45) is 0 Å². The molecular weight excluding hydrogens is 435 g/mol. The third-order valence-corrected chi connectivity index (χ3v) is 5.45. The molecule has 1 aromatic heterocycles. The molecule has 4 rings (SSSR count). The second-order valence-corrected chi connectivity index (χ2v) is 7.79. The molecule has 7 heteroatoms. The molecule has 31 heavy (non-hydrogen) atoms. The number of furan rings is 1. The molecule has 3 aromatic carbocycles. The Morgan fingerprint density at radius 2 is 1.77 bits per heavy atom. The Bertz CT molecular complexity index is 1330. The van der Waals surface area contributed by atoms with E-state index in [1.54, 1.807) is 30.3 Å². The van der Waals surface area contributed by atoms with E-state index in [9.17, 15) is 9.59 Å². The largest absolute Gasteiger partial charge is 0.450 e. The number of amides is 1. The van der Waals surface area contributed by atoms with Gasteiger partial charge in [0.2, 0.25) is 5.78 Å². The van der Waals surface area contributed by atoms with E-state index in [-0.39, 0.29) is 27.9 Å². The Labute approximate surface area is 188 Å². The van der Waals surface area contributed by atoms with Gasteiger partial charge in [-0.05, 0) is 60.5 Å². The van der Waals surface area contributed by atoms with Crippen LogP contribution < -0.4 is 11.1 Å². The summed E-state index contributed by atoms with van der Waals surface area (Å²) < 4.78 is 5.83. The smallest absolute Gasteiger partial charge is 0.251 e. The lowest BCUT2D eigenvalue weighted by molar-refractivity contribution is 0.0955. The molecule has 1 amide bonds. The van der Waals surface area contributed by atoms with Gasteiger partial charge in [-0.3, -0.25) is 9.59 Å². The quantitative estimate of drug-likeness (QED) is 0.365. The van der Waals surface area contributed by atoms with Crippen molar-refractivity contribution in [2.75, 3.05) is 12.3 Å². The number of halogens is 2. The van der Waals surface area contributed by atoms with Crippen LogP contribution in [0, 0.1) is 0 Å². The highest BCUT2D eigenvalue weighted by Gasteiger charge is 2.22. The maximum Gasteiger partial charge on any atom is 0.251 e. The highest BCUT2D eigenvalue weighted by molar-refractivity contribution is 6.37. The van der Waals surface area contributed by atoms with E-state index in [0.717, 1.165) is 11.1 Å². The molecule has 3 N–H and O–H groups in total. The van der Waals surface area contributed by atoms with Gasteiger partial charge >= 0.3 is 0 Å². The molecule has 0 aliphatic heterocycles. The summed E-state index contributed by atoms with van der Waals surface area (Å²) in [4.78, 5) is 25.1. The second kappa shape index (κ2) is 8.46. The van der Waals surface area contributed by atoms with E-state index < -0.39 is 5.78 Å². The topological polar surface area (TPSA) is 85.3 Å². The van der Waals surface area contributed by atoms with Crippen LogP contribution in [0.25, 0.3) is 22.1 Å². The Morgan fingerprint density at radius 1 is 1.00 bits per heavy atom. The van der Waals surface area contributed by atoms with Crippen LogP contribution >= 0.6 is 23.2 Å². The van der Waals surface area contributed by atoms with Crippen molar-refractivity contribution < 1.29 is 14.0 Å². The Hall–Kier alpha value is -3.28. The maximum atomic E-state index is 13.0. The fraction of sp³-hybridized carbons (Fsp3) is 0.0833. The molecule has 4 aromatic rings. The fourth-order valence-electron chi connectivity index (χ4n) is 3.36. The number of nitrogens with one attached hydrogen (secondary N) is 1. The number of rotatable bonds is 5. The molecule has 0 unspecified atom stereocenters. The zero-order valence-corrected chi connectivity index (χ0v) is 18.1. The molecule has 0 spiro atoms. The molecule has 0 saturated heterocycles. The number of fused-ring (bicyclic) bond motifs is 1. The van der Waals surface area contributed by atoms with Crippen LogP contribution in [0.4, 0.5) is 5.69 Å². The minimum absolute atomic E-state index is 0.0208. The first-order valence-corrected chi connectivity index (χ1v) is 10.3. The highest BCUT2D eigenvalue weighted by atomic mass is 35.5. The number of hydrogen-bond acceptors (Lipinski definition) is 4. The SMILES string of the molecule is CCNC(=O)c1cccc(-c2ccc3c(N)c(C(=O)c4ccc(Cl)cc4Cl)oc3c2)c1. The Morgan fingerprint density at radius 3 is 2.52 bits per heavy atom. The van der Waals surface area contributed by atoms with Crippen molar-refractivity contribution in [2.45, 2.75) is 6.92 Å². The van der Waals surface area contributed by atoms with Gasteiger partial charge in [0, 0.05) is 28.1 Å². The summed E-state index contributed by atoms with van der Waals surface area (Å²) in [6, 6.07) is 17.3. The molecule has 0 aliphatic rings. The molecule has 0 bridgehead atoms. The van der Waals surface area contributed by atoms with Crippen molar-refractivity contribution in [3.63, 3.8) is 0 Å². The van der Waals surface area contributed by atoms with Crippen molar-refractivity contribution in [1.82, 2.24) is 5.32 Å².